The molecule has 6 nitrogen and oxygen atoms in total. The zero-order valence-corrected chi connectivity index (χ0v) is 15.9. The summed E-state index contributed by atoms with van der Waals surface area (Å²) in [4.78, 5) is 30.4. The third-order valence-corrected chi connectivity index (χ3v) is 5.40. The minimum Gasteiger partial charge on any atom is -0.496 e. The molecule has 0 unspecified atom stereocenters. The van der Waals surface area contributed by atoms with Crippen molar-refractivity contribution in [3.63, 3.8) is 0 Å². The van der Waals surface area contributed by atoms with Crippen LogP contribution in [0, 0.1) is 17.6 Å². The third kappa shape index (κ3) is 3.90. The number of ether oxygens (including phenoxy) is 1. The second kappa shape index (κ2) is 7.80. The number of hydrogen-bond acceptors (Lipinski definition) is 4. The summed E-state index contributed by atoms with van der Waals surface area (Å²) in [6.07, 6.45) is 1.73. The number of amides is 2. The van der Waals surface area contributed by atoms with E-state index in [0.717, 1.165) is 18.9 Å². The number of likely N-dealkylation sites (N-methyl/N-ethyl adjacent to an activating group) is 1. The van der Waals surface area contributed by atoms with Gasteiger partial charge in [0.1, 0.15) is 11.3 Å². The van der Waals surface area contributed by atoms with Gasteiger partial charge in [-0.05, 0) is 30.9 Å². The molecule has 3 aliphatic heterocycles. The van der Waals surface area contributed by atoms with Crippen molar-refractivity contribution in [2.24, 2.45) is 5.92 Å². The van der Waals surface area contributed by atoms with E-state index in [4.69, 9.17) is 4.74 Å². The number of methoxy groups -OCH3 is 1. The van der Waals surface area contributed by atoms with Crippen molar-refractivity contribution < 1.29 is 23.1 Å². The number of benzene rings is 1. The maximum atomic E-state index is 14.4. The SMILES string of the molecule is COc1ccc(F)c(F)c1C(=O)N1C[C@H]2CC[C@@H]1CN(CC(=O)N(C)C)C2. The quantitative estimate of drug-likeness (QED) is 0.795. The van der Waals surface area contributed by atoms with Gasteiger partial charge >= 0.3 is 0 Å². The maximum absolute atomic E-state index is 14.4. The molecule has 1 aromatic carbocycles. The largest absolute Gasteiger partial charge is 0.496 e. The average molecular weight is 381 g/mol. The Balaban J connectivity index is 1.84. The molecule has 3 saturated heterocycles. The van der Waals surface area contributed by atoms with Crippen LogP contribution in [-0.2, 0) is 4.79 Å². The Labute approximate surface area is 157 Å². The highest BCUT2D eigenvalue weighted by Gasteiger charge is 2.39. The number of carbonyl (C=O) groups excluding carboxylic acids is 2. The first-order valence-electron chi connectivity index (χ1n) is 9.07. The van der Waals surface area contributed by atoms with Gasteiger partial charge in [0.15, 0.2) is 11.6 Å². The summed E-state index contributed by atoms with van der Waals surface area (Å²) >= 11 is 0. The molecule has 0 aromatic heterocycles. The second-order valence-electron chi connectivity index (χ2n) is 7.48. The van der Waals surface area contributed by atoms with Gasteiger partial charge in [-0.15, -0.1) is 0 Å². The molecule has 148 valence electrons. The topological polar surface area (TPSA) is 53.1 Å². The number of piperidine rings is 1. The van der Waals surface area contributed by atoms with E-state index in [0.29, 0.717) is 26.2 Å². The number of fused-ring (bicyclic) bond motifs is 4. The Hall–Kier alpha value is -2.22. The Morgan fingerprint density at radius 2 is 1.93 bits per heavy atom. The molecule has 8 heteroatoms. The normalized spacial score (nSPS) is 22.5. The van der Waals surface area contributed by atoms with Crippen LogP contribution in [0.2, 0.25) is 0 Å². The highest BCUT2D eigenvalue weighted by atomic mass is 19.2. The lowest BCUT2D eigenvalue weighted by atomic mass is 9.94. The number of carbonyl (C=O) groups is 2. The first-order valence-corrected chi connectivity index (χ1v) is 9.07. The van der Waals surface area contributed by atoms with Gasteiger partial charge in [-0.2, -0.15) is 0 Å². The third-order valence-electron chi connectivity index (χ3n) is 5.40. The lowest BCUT2D eigenvalue weighted by molar-refractivity contribution is -0.129. The van der Waals surface area contributed by atoms with Crippen molar-refractivity contribution in [2.45, 2.75) is 18.9 Å². The molecule has 1 aromatic rings. The molecule has 0 spiro atoms. The molecule has 3 fully saturated rings. The fourth-order valence-corrected chi connectivity index (χ4v) is 3.94. The van der Waals surface area contributed by atoms with Gasteiger partial charge in [0.25, 0.3) is 5.91 Å². The van der Waals surface area contributed by atoms with Crippen LogP contribution >= 0.6 is 0 Å². The van der Waals surface area contributed by atoms with Gasteiger partial charge in [0, 0.05) is 39.8 Å². The van der Waals surface area contributed by atoms with Crippen LogP contribution in [0.5, 0.6) is 5.75 Å². The van der Waals surface area contributed by atoms with Crippen LogP contribution < -0.4 is 4.74 Å². The first-order chi connectivity index (χ1) is 12.8. The summed E-state index contributed by atoms with van der Waals surface area (Å²) in [6.45, 7) is 2.01. The molecule has 3 aliphatic rings. The Morgan fingerprint density at radius 3 is 2.59 bits per heavy atom. The highest BCUT2D eigenvalue weighted by molar-refractivity contribution is 5.97. The molecule has 0 saturated carbocycles. The fraction of sp³-hybridized carbons (Fsp3) is 0.579. The fourth-order valence-electron chi connectivity index (χ4n) is 3.94. The van der Waals surface area contributed by atoms with Crippen molar-refractivity contribution in [3.8, 4) is 5.75 Å². The lowest BCUT2D eigenvalue weighted by Gasteiger charge is -2.36. The molecular weight excluding hydrogens is 356 g/mol. The van der Waals surface area contributed by atoms with E-state index in [1.54, 1.807) is 23.9 Å². The molecule has 2 atom stereocenters. The lowest BCUT2D eigenvalue weighted by Crippen LogP contribution is -2.48. The number of hydrogen-bond donors (Lipinski definition) is 0. The molecule has 2 amide bonds. The predicted octanol–water partition coefficient (Wildman–Crippen LogP) is 1.60. The van der Waals surface area contributed by atoms with Gasteiger partial charge in [0.2, 0.25) is 5.91 Å². The Kier molecular flexibility index (Phi) is 5.64. The number of nitrogens with zero attached hydrogens (tertiary/aromatic N) is 3. The van der Waals surface area contributed by atoms with Crippen molar-refractivity contribution in [1.29, 1.82) is 0 Å². The van der Waals surface area contributed by atoms with Crippen LogP contribution in [0.4, 0.5) is 8.78 Å². The highest BCUT2D eigenvalue weighted by Crippen LogP contribution is 2.32. The summed E-state index contributed by atoms with van der Waals surface area (Å²) in [5, 5.41) is 0. The molecule has 2 bridgehead atoms. The molecule has 4 rings (SSSR count). The minimum absolute atomic E-state index is 0.00650. The Bertz CT molecular complexity index is 741. The van der Waals surface area contributed by atoms with Crippen molar-refractivity contribution in [3.05, 3.63) is 29.3 Å². The van der Waals surface area contributed by atoms with Crippen LogP contribution in [0.25, 0.3) is 0 Å². The molecular formula is C19H25F2N3O3. The maximum Gasteiger partial charge on any atom is 0.261 e. The van der Waals surface area contributed by atoms with Crippen molar-refractivity contribution >= 4 is 11.8 Å². The van der Waals surface area contributed by atoms with Crippen LogP contribution in [-0.4, -0.2) is 79.9 Å². The molecule has 0 radical (unpaired) electrons. The molecule has 0 N–H and O–H groups in total. The first kappa shape index (κ1) is 19.5. The van der Waals surface area contributed by atoms with Gasteiger partial charge in [-0.3, -0.25) is 14.5 Å². The van der Waals surface area contributed by atoms with E-state index in [2.05, 4.69) is 4.90 Å². The molecule has 3 heterocycles. The summed E-state index contributed by atoms with van der Waals surface area (Å²) in [7, 11) is 4.75. The van der Waals surface area contributed by atoms with Gasteiger partial charge in [-0.25, -0.2) is 8.78 Å². The molecule has 0 aliphatic carbocycles. The predicted molar refractivity (Wildman–Crippen MR) is 95.6 cm³/mol. The average Bonchev–Trinajstić information content (AvgIpc) is 2.93. The van der Waals surface area contributed by atoms with Crippen molar-refractivity contribution in [2.75, 3.05) is 47.4 Å². The monoisotopic (exact) mass is 381 g/mol. The van der Waals surface area contributed by atoms with E-state index in [9.17, 15) is 18.4 Å². The van der Waals surface area contributed by atoms with Crippen LogP contribution in [0.3, 0.4) is 0 Å². The zero-order valence-electron chi connectivity index (χ0n) is 15.9. The van der Waals surface area contributed by atoms with E-state index in [1.165, 1.54) is 13.2 Å². The summed E-state index contributed by atoms with van der Waals surface area (Å²) in [6, 6.07) is 2.08. The zero-order chi connectivity index (χ0) is 19.7. The minimum atomic E-state index is -1.18. The van der Waals surface area contributed by atoms with Crippen LogP contribution in [0.15, 0.2) is 12.1 Å². The number of rotatable bonds is 4. The molecule has 27 heavy (non-hydrogen) atoms. The standard InChI is InChI=1S/C19H25F2N3O3/c1-22(2)16(25)11-23-8-12-4-5-13(10-23)24(9-12)19(26)17-15(27-3)7-6-14(20)18(17)21/h6-7,12-13H,4-5,8-11H2,1-3H3/t12-,13+/m0/s1. The van der Waals surface area contributed by atoms with Crippen molar-refractivity contribution in [1.82, 2.24) is 14.7 Å². The number of halogens is 2. The van der Waals surface area contributed by atoms with Gasteiger partial charge in [-0.1, -0.05) is 0 Å². The van der Waals surface area contributed by atoms with Gasteiger partial charge < -0.3 is 14.5 Å². The summed E-state index contributed by atoms with van der Waals surface area (Å²) in [5.41, 5.74) is -0.360. The smallest absolute Gasteiger partial charge is 0.261 e. The van der Waals surface area contributed by atoms with E-state index >= 15 is 0 Å². The second-order valence-corrected chi connectivity index (χ2v) is 7.48. The van der Waals surface area contributed by atoms with Gasteiger partial charge in [0.05, 0.1) is 13.7 Å². The van der Waals surface area contributed by atoms with E-state index < -0.39 is 17.5 Å². The summed E-state index contributed by atoms with van der Waals surface area (Å²) in [5.74, 6) is -2.58. The summed E-state index contributed by atoms with van der Waals surface area (Å²) < 4.78 is 33.2. The van der Waals surface area contributed by atoms with E-state index in [1.807, 2.05) is 0 Å². The van der Waals surface area contributed by atoms with E-state index in [-0.39, 0.29) is 29.2 Å². The Morgan fingerprint density at radius 1 is 1.19 bits per heavy atom. The van der Waals surface area contributed by atoms with Crippen LogP contribution in [0.1, 0.15) is 23.2 Å².